The Morgan fingerprint density at radius 1 is 1.55 bits per heavy atom. The van der Waals surface area contributed by atoms with E-state index >= 15 is 0 Å². The number of hydrogen-bond acceptors (Lipinski definition) is 4. The van der Waals surface area contributed by atoms with Crippen LogP contribution in [0.25, 0.3) is 0 Å². The molecule has 2 unspecified atom stereocenters. The number of aliphatic hydroxyl groups excluding tert-OH is 1. The van der Waals surface area contributed by atoms with Gasteiger partial charge in [-0.05, 0) is 31.2 Å². The highest BCUT2D eigenvalue weighted by Crippen LogP contribution is 2.18. The molecule has 6 nitrogen and oxygen atoms in total. The van der Waals surface area contributed by atoms with Crippen molar-refractivity contribution < 1.29 is 14.3 Å². The average Bonchev–Trinajstić information content (AvgIpc) is 3.09. The lowest BCUT2D eigenvalue weighted by Gasteiger charge is -2.16. The van der Waals surface area contributed by atoms with Gasteiger partial charge in [-0.2, -0.15) is 5.26 Å². The largest absolute Gasteiger partial charge is 0.467 e. The maximum atomic E-state index is 11.9. The molecule has 2 heterocycles. The summed E-state index contributed by atoms with van der Waals surface area (Å²) in [5.74, 6) is 0.156. The quantitative estimate of drug-likeness (QED) is 0.771. The first-order chi connectivity index (χ1) is 9.60. The number of aromatic nitrogens is 1. The lowest BCUT2D eigenvalue weighted by molar-refractivity contribution is 0.0899. The first-order valence-electron chi connectivity index (χ1n) is 6.21. The van der Waals surface area contributed by atoms with E-state index in [0.717, 1.165) is 0 Å². The minimum absolute atomic E-state index is 0.239. The van der Waals surface area contributed by atoms with E-state index in [1.54, 1.807) is 25.1 Å². The fraction of sp³-hybridized carbons (Fsp3) is 0.286. The number of H-pyrrole nitrogens is 1. The maximum Gasteiger partial charge on any atom is 0.267 e. The predicted molar refractivity (Wildman–Crippen MR) is 70.7 cm³/mol. The highest BCUT2D eigenvalue weighted by atomic mass is 16.4. The van der Waals surface area contributed by atoms with E-state index in [1.807, 2.05) is 6.07 Å². The predicted octanol–water partition coefficient (Wildman–Crippen LogP) is 1.72. The number of hydrogen-bond donors (Lipinski definition) is 3. The van der Waals surface area contributed by atoms with Crippen molar-refractivity contribution in [2.45, 2.75) is 25.5 Å². The molecule has 0 bridgehead atoms. The van der Waals surface area contributed by atoms with Crippen LogP contribution in [0, 0.1) is 11.3 Å². The van der Waals surface area contributed by atoms with Gasteiger partial charge in [0, 0.05) is 12.5 Å². The van der Waals surface area contributed by atoms with E-state index in [4.69, 9.17) is 9.68 Å². The zero-order valence-corrected chi connectivity index (χ0v) is 11.0. The van der Waals surface area contributed by atoms with Gasteiger partial charge in [0.05, 0.1) is 6.26 Å². The second-order valence-corrected chi connectivity index (χ2v) is 4.54. The summed E-state index contributed by atoms with van der Waals surface area (Å²) in [5, 5.41) is 21.3. The van der Waals surface area contributed by atoms with Gasteiger partial charge < -0.3 is 19.8 Å². The second kappa shape index (κ2) is 6.08. The fourth-order valence-electron chi connectivity index (χ4n) is 1.89. The summed E-state index contributed by atoms with van der Waals surface area (Å²) in [6.07, 6.45) is 1.06. The molecule has 0 fully saturated rings. The normalized spacial score (nSPS) is 13.4. The van der Waals surface area contributed by atoms with E-state index in [1.165, 1.54) is 12.3 Å². The van der Waals surface area contributed by atoms with Gasteiger partial charge in [0.25, 0.3) is 5.91 Å². The van der Waals surface area contributed by atoms with Gasteiger partial charge in [0.1, 0.15) is 29.3 Å². The summed E-state index contributed by atoms with van der Waals surface area (Å²) < 4.78 is 5.10. The van der Waals surface area contributed by atoms with Crippen LogP contribution in [0.5, 0.6) is 0 Å². The Balaban J connectivity index is 1.89. The molecule has 0 radical (unpaired) electrons. The van der Waals surface area contributed by atoms with Crippen LogP contribution in [-0.2, 0) is 0 Å². The van der Waals surface area contributed by atoms with Crippen molar-refractivity contribution in [2.24, 2.45) is 0 Å². The van der Waals surface area contributed by atoms with Crippen molar-refractivity contribution in [2.75, 3.05) is 0 Å². The second-order valence-electron chi connectivity index (χ2n) is 4.54. The van der Waals surface area contributed by atoms with Crippen molar-refractivity contribution in [1.82, 2.24) is 10.3 Å². The Morgan fingerprint density at radius 2 is 2.35 bits per heavy atom. The third-order valence-corrected chi connectivity index (χ3v) is 2.88. The van der Waals surface area contributed by atoms with E-state index in [9.17, 15) is 9.90 Å². The lowest BCUT2D eigenvalue weighted by Crippen LogP contribution is -2.33. The highest BCUT2D eigenvalue weighted by molar-refractivity contribution is 5.92. The van der Waals surface area contributed by atoms with Crippen LogP contribution in [0.3, 0.4) is 0 Å². The maximum absolute atomic E-state index is 11.9. The molecule has 0 aliphatic heterocycles. The molecule has 0 spiro atoms. The number of amides is 1. The minimum Gasteiger partial charge on any atom is -0.467 e. The molecule has 6 heteroatoms. The van der Waals surface area contributed by atoms with Gasteiger partial charge in [0.15, 0.2) is 0 Å². The third kappa shape index (κ3) is 3.28. The topological polar surface area (TPSA) is 102 Å². The number of aliphatic hydroxyl groups is 1. The number of nitrogens with one attached hydrogen (secondary N) is 2. The Morgan fingerprint density at radius 3 is 2.95 bits per heavy atom. The summed E-state index contributed by atoms with van der Waals surface area (Å²) in [5.41, 5.74) is 0.652. The Bertz CT molecular complexity index is 610. The zero-order valence-electron chi connectivity index (χ0n) is 11.0. The number of nitrogens with zero attached hydrogens (tertiary/aromatic N) is 1. The van der Waals surface area contributed by atoms with Crippen molar-refractivity contribution >= 4 is 5.91 Å². The van der Waals surface area contributed by atoms with E-state index in [0.29, 0.717) is 23.6 Å². The lowest BCUT2D eigenvalue weighted by atomic mass is 10.1. The van der Waals surface area contributed by atoms with Gasteiger partial charge in [-0.3, -0.25) is 4.79 Å². The summed E-state index contributed by atoms with van der Waals surface area (Å²) in [6.45, 7) is 1.79. The van der Waals surface area contributed by atoms with Crippen molar-refractivity contribution in [3.63, 3.8) is 0 Å². The third-order valence-electron chi connectivity index (χ3n) is 2.88. The number of nitriles is 1. The van der Waals surface area contributed by atoms with E-state index in [-0.39, 0.29) is 11.9 Å². The van der Waals surface area contributed by atoms with Gasteiger partial charge in [-0.15, -0.1) is 0 Å². The number of furan rings is 1. The minimum atomic E-state index is -0.765. The molecule has 0 aromatic carbocycles. The number of rotatable bonds is 5. The Hall–Kier alpha value is -2.52. The first kappa shape index (κ1) is 13.9. The van der Waals surface area contributed by atoms with Crippen LogP contribution >= 0.6 is 0 Å². The summed E-state index contributed by atoms with van der Waals surface area (Å²) in [4.78, 5) is 14.6. The average molecular weight is 273 g/mol. The Labute approximate surface area is 116 Å². The summed E-state index contributed by atoms with van der Waals surface area (Å²) in [6, 6.07) is 8.15. The molecule has 0 saturated carbocycles. The van der Waals surface area contributed by atoms with Gasteiger partial charge in [0.2, 0.25) is 0 Å². The van der Waals surface area contributed by atoms with Crippen LogP contribution in [-0.4, -0.2) is 22.0 Å². The molecule has 2 atom stereocenters. The molecule has 2 aromatic heterocycles. The molecule has 2 rings (SSSR count). The summed E-state index contributed by atoms with van der Waals surface area (Å²) in [7, 11) is 0. The monoisotopic (exact) mass is 273 g/mol. The number of carbonyl (C=O) groups is 1. The molecular weight excluding hydrogens is 258 g/mol. The van der Waals surface area contributed by atoms with Crippen molar-refractivity contribution in [3.05, 3.63) is 47.7 Å². The van der Waals surface area contributed by atoms with Gasteiger partial charge >= 0.3 is 0 Å². The van der Waals surface area contributed by atoms with Crippen LogP contribution in [0.1, 0.15) is 41.4 Å². The van der Waals surface area contributed by atoms with Gasteiger partial charge in [-0.1, -0.05) is 0 Å². The van der Waals surface area contributed by atoms with Crippen LogP contribution in [0.4, 0.5) is 0 Å². The number of aromatic amines is 1. The molecular formula is C14H15N3O3. The fourth-order valence-corrected chi connectivity index (χ4v) is 1.89. The van der Waals surface area contributed by atoms with Crippen molar-refractivity contribution in [1.29, 1.82) is 5.26 Å². The zero-order chi connectivity index (χ0) is 14.5. The Kier molecular flexibility index (Phi) is 4.23. The van der Waals surface area contributed by atoms with E-state index < -0.39 is 6.10 Å². The number of carbonyl (C=O) groups excluding carboxylic acids is 1. The first-order valence-corrected chi connectivity index (χ1v) is 6.21. The van der Waals surface area contributed by atoms with Crippen LogP contribution in [0.2, 0.25) is 0 Å². The van der Waals surface area contributed by atoms with Crippen LogP contribution in [0.15, 0.2) is 34.9 Å². The molecule has 2 aromatic rings. The van der Waals surface area contributed by atoms with Gasteiger partial charge in [-0.25, -0.2) is 0 Å². The molecule has 1 amide bonds. The summed E-state index contributed by atoms with van der Waals surface area (Å²) >= 11 is 0. The molecule has 3 N–H and O–H groups in total. The molecule has 0 aliphatic carbocycles. The highest BCUT2D eigenvalue weighted by Gasteiger charge is 2.17. The SMILES string of the molecule is CC(CC(O)c1ccco1)NC(=O)c1ccc(C#N)[nH]1. The standard InChI is InChI=1S/C14H15N3O3/c1-9(7-12(18)13-3-2-6-20-13)16-14(19)11-5-4-10(8-15)17-11/h2-6,9,12,17-18H,7H2,1H3,(H,16,19). The molecule has 20 heavy (non-hydrogen) atoms. The van der Waals surface area contributed by atoms with Crippen LogP contribution < -0.4 is 5.32 Å². The molecule has 104 valence electrons. The smallest absolute Gasteiger partial charge is 0.267 e. The van der Waals surface area contributed by atoms with E-state index in [2.05, 4.69) is 10.3 Å². The molecule has 0 saturated heterocycles. The van der Waals surface area contributed by atoms with Crippen molar-refractivity contribution in [3.8, 4) is 6.07 Å². The molecule has 0 aliphatic rings.